The van der Waals surface area contributed by atoms with E-state index in [-0.39, 0.29) is 12.1 Å². The first-order chi connectivity index (χ1) is 7.11. The molecule has 1 rings (SSSR count). The Labute approximate surface area is 90.4 Å². The lowest BCUT2D eigenvalue weighted by Crippen LogP contribution is -2.13. The quantitative estimate of drug-likeness (QED) is 0.752. The summed E-state index contributed by atoms with van der Waals surface area (Å²) in [6.45, 7) is 9.61. The van der Waals surface area contributed by atoms with Crippen molar-refractivity contribution in [2.24, 2.45) is 0 Å². The zero-order chi connectivity index (χ0) is 11.3. The van der Waals surface area contributed by atoms with Crippen molar-refractivity contribution in [2.45, 2.75) is 32.9 Å². The Kier molecular flexibility index (Phi) is 4.09. The predicted octanol–water partition coefficient (Wildman–Crippen LogP) is 2.25. The minimum Gasteiger partial charge on any atom is -0.475 e. The van der Waals surface area contributed by atoms with E-state index in [1.807, 2.05) is 26.8 Å². The monoisotopic (exact) mass is 207 g/mol. The summed E-state index contributed by atoms with van der Waals surface area (Å²) in [6, 6.07) is 1.95. The molecular weight excluding hydrogens is 190 g/mol. The number of hydrogen-bond donors (Lipinski definition) is 1. The van der Waals surface area contributed by atoms with Gasteiger partial charge in [0, 0.05) is 12.1 Å². The van der Waals surface area contributed by atoms with Gasteiger partial charge in [-0.2, -0.15) is 0 Å². The highest BCUT2D eigenvalue weighted by molar-refractivity contribution is 5.38. The molecule has 15 heavy (non-hydrogen) atoms. The molecule has 1 aromatic rings. The largest absolute Gasteiger partial charge is 0.475 e. The minimum atomic E-state index is 0.115. The SMILES string of the molecule is C=CC(C)Nc1cc(OC(C)C)ncn1. The lowest BCUT2D eigenvalue weighted by Gasteiger charge is -2.12. The molecule has 0 aliphatic carbocycles. The summed E-state index contributed by atoms with van der Waals surface area (Å²) < 4.78 is 5.45. The fourth-order valence-corrected chi connectivity index (χ4v) is 1.02. The van der Waals surface area contributed by atoms with Crippen LogP contribution >= 0.6 is 0 Å². The molecular formula is C11H17N3O. The minimum absolute atomic E-state index is 0.115. The van der Waals surface area contributed by atoms with Gasteiger partial charge in [-0.25, -0.2) is 9.97 Å². The van der Waals surface area contributed by atoms with Gasteiger partial charge >= 0.3 is 0 Å². The van der Waals surface area contributed by atoms with E-state index in [9.17, 15) is 0 Å². The van der Waals surface area contributed by atoms with Crippen molar-refractivity contribution in [1.82, 2.24) is 9.97 Å². The van der Waals surface area contributed by atoms with Gasteiger partial charge in [0.15, 0.2) is 0 Å². The third-order valence-electron chi connectivity index (χ3n) is 1.73. The van der Waals surface area contributed by atoms with Gasteiger partial charge in [-0.05, 0) is 20.8 Å². The molecule has 1 N–H and O–H groups in total. The van der Waals surface area contributed by atoms with E-state index < -0.39 is 0 Å². The maximum absolute atomic E-state index is 5.45. The van der Waals surface area contributed by atoms with Gasteiger partial charge in [0.25, 0.3) is 0 Å². The lowest BCUT2D eigenvalue weighted by molar-refractivity contribution is 0.232. The Balaban J connectivity index is 2.69. The van der Waals surface area contributed by atoms with E-state index in [2.05, 4.69) is 21.9 Å². The lowest BCUT2D eigenvalue weighted by atomic mass is 10.3. The van der Waals surface area contributed by atoms with E-state index in [1.54, 1.807) is 6.07 Å². The maximum atomic E-state index is 5.45. The van der Waals surface area contributed by atoms with Crippen molar-refractivity contribution >= 4 is 5.82 Å². The fraction of sp³-hybridized carbons (Fsp3) is 0.455. The molecule has 0 bridgehead atoms. The van der Waals surface area contributed by atoms with Crippen LogP contribution in [0, 0.1) is 0 Å². The van der Waals surface area contributed by atoms with E-state index in [1.165, 1.54) is 6.33 Å². The van der Waals surface area contributed by atoms with Crippen LogP contribution in [0.2, 0.25) is 0 Å². The highest BCUT2D eigenvalue weighted by Gasteiger charge is 2.03. The van der Waals surface area contributed by atoms with Gasteiger partial charge in [-0.3, -0.25) is 0 Å². The molecule has 0 radical (unpaired) electrons. The van der Waals surface area contributed by atoms with Crippen molar-refractivity contribution in [3.8, 4) is 5.88 Å². The molecule has 0 aliphatic heterocycles. The Bertz CT molecular complexity index is 325. The van der Waals surface area contributed by atoms with Crippen molar-refractivity contribution in [2.75, 3.05) is 5.32 Å². The van der Waals surface area contributed by atoms with Crippen LogP contribution in [-0.2, 0) is 0 Å². The zero-order valence-corrected chi connectivity index (χ0v) is 9.40. The Hall–Kier alpha value is -1.58. The van der Waals surface area contributed by atoms with Crippen LogP contribution in [0.4, 0.5) is 5.82 Å². The molecule has 1 atom stereocenters. The third-order valence-corrected chi connectivity index (χ3v) is 1.73. The van der Waals surface area contributed by atoms with E-state index in [0.29, 0.717) is 5.88 Å². The Morgan fingerprint density at radius 1 is 1.40 bits per heavy atom. The van der Waals surface area contributed by atoms with Gasteiger partial charge in [0.1, 0.15) is 12.1 Å². The molecule has 1 unspecified atom stereocenters. The summed E-state index contributed by atoms with van der Waals surface area (Å²) in [6.07, 6.45) is 3.41. The van der Waals surface area contributed by atoms with E-state index in [4.69, 9.17) is 4.74 Å². The van der Waals surface area contributed by atoms with Crippen LogP contribution in [-0.4, -0.2) is 22.1 Å². The average molecular weight is 207 g/mol. The number of nitrogens with one attached hydrogen (secondary N) is 1. The number of anilines is 1. The van der Waals surface area contributed by atoms with Gasteiger partial charge in [-0.15, -0.1) is 6.58 Å². The second-order valence-corrected chi connectivity index (χ2v) is 3.58. The van der Waals surface area contributed by atoms with Crippen molar-refractivity contribution in [3.05, 3.63) is 25.0 Å². The Morgan fingerprint density at radius 3 is 2.73 bits per heavy atom. The van der Waals surface area contributed by atoms with E-state index >= 15 is 0 Å². The number of nitrogens with zero attached hydrogens (tertiary/aromatic N) is 2. The number of rotatable bonds is 5. The first kappa shape index (κ1) is 11.5. The predicted molar refractivity (Wildman–Crippen MR) is 61.1 cm³/mol. The van der Waals surface area contributed by atoms with Crippen LogP contribution in [0.1, 0.15) is 20.8 Å². The van der Waals surface area contributed by atoms with Crippen LogP contribution in [0.5, 0.6) is 5.88 Å². The summed E-state index contributed by atoms with van der Waals surface area (Å²) in [4.78, 5) is 8.10. The van der Waals surface area contributed by atoms with Crippen LogP contribution in [0.15, 0.2) is 25.0 Å². The molecule has 4 heteroatoms. The van der Waals surface area contributed by atoms with Crippen LogP contribution in [0.3, 0.4) is 0 Å². The maximum Gasteiger partial charge on any atom is 0.218 e. The van der Waals surface area contributed by atoms with Gasteiger partial charge in [0.2, 0.25) is 5.88 Å². The molecule has 4 nitrogen and oxygen atoms in total. The van der Waals surface area contributed by atoms with Gasteiger partial charge in [0.05, 0.1) is 6.10 Å². The molecule has 0 amide bonds. The normalized spacial score (nSPS) is 12.3. The fourth-order valence-electron chi connectivity index (χ4n) is 1.02. The highest BCUT2D eigenvalue weighted by atomic mass is 16.5. The molecule has 82 valence electrons. The summed E-state index contributed by atoms with van der Waals surface area (Å²) in [5, 5.41) is 3.16. The number of hydrogen-bond acceptors (Lipinski definition) is 4. The first-order valence-corrected chi connectivity index (χ1v) is 4.99. The van der Waals surface area contributed by atoms with Crippen molar-refractivity contribution in [1.29, 1.82) is 0 Å². The van der Waals surface area contributed by atoms with Crippen molar-refractivity contribution in [3.63, 3.8) is 0 Å². The third kappa shape index (κ3) is 3.97. The van der Waals surface area contributed by atoms with Crippen molar-refractivity contribution < 1.29 is 4.74 Å². The molecule has 0 aliphatic rings. The zero-order valence-electron chi connectivity index (χ0n) is 9.40. The first-order valence-electron chi connectivity index (χ1n) is 4.99. The summed E-state index contributed by atoms with van der Waals surface area (Å²) in [5.41, 5.74) is 0. The molecule has 0 saturated carbocycles. The number of aromatic nitrogens is 2. The van der Waals surface area contributed by atoms with Crippen LogP contribution < -0.4 is 10.1 Å². The second-order valence-electron chi connectivity index (χ2n) is 3.58. The molecule has 1 heterocycles. The summed E-state index contributed by atoms with van der Waals surface area (Å²) in [5.74, 6) is 1.33. The van der Waals surface area contributed by atoms with E-state index in [0.717, 1.165) is 5.82 Å². The Morgan fingerprint density at radius 2 is 2.13 bits per heavy atom. The molecule has 0 saturated heterocycles. The molecule has 0 spiro atoms. The number of ether oxygens (including phenoxy) is 1. The average Bonchev–Trinajstić information content (AvgIpc) is 2.17. The summed E-state index contributed by atoms with van der Waals surface area (Å²) >= 11 is 0. The highest BCUT2D eigenvalue weighted by Crippen LogP contribution is 2.13. The smallest absolute Gasteiger partial charge is 0.218 e. The standard InChI is InChI=1S/C11H17N3O/c1-5-9(4)14-10-6-11(13-7-12-10)15-8(2)3/h5-9H,1H2,2-4H3,(H,12,13,14). The summed E-state index contributed by atoms with van der Waals surface area (Å²) in [7, 11) is 0. The van der Waals surface area contributed by atoms with Gasteiger partial charge in [-0.1, -0.05) is 6.08 Å². The molecule has 1 aromatic heterocycles. The van der Waals surface area contributed by atoms with Crippen LogP contribution in [0.25, 0.3) is 0 Å². The van der Waals surface area contributed by atoms with Gasteiger partial charge < -0.3 is 10.1 Å². The molecule has 0 fully saturated rings. The second kappa shape index (κ2) is 5.34. The topological polar surface area (TPSA) is 47.0 Å². The molecule has 0 aromatic carbocycles.